The fraction of sp³-hybridized carbons (Fsp3) is 0.125. The van der Waals surface area contributed by atoms with E-state index in [4.69, 9.17) is 0 Å². The van der Waals surface area contributed by atoms with Crippen LogP contribution in [0.5, 0.6) is 0 Å². The molecular weight excluding hydrogens is 283 g/mol. The van der Waals surface area contributed by atoms with Crippen LogP contribution in [0, 0.1) is 3.57 Å². The van der Waals surface area contributed by atoms with Crippen LogP contribution in [0.25, 0.3) is 10.2 Å². The molecule has 2 aromatic rings. The standard InChI is InChI=1S/C8H7IN2S/c1-10-8-11-6-3-2-5(9)4-7(6)12-8/h2-4H,1H3,(H,10,11). The van der Waals surface area contributed by atoms with E-state index in [1.807, 2.05) is 7.05 Å². The molecule has 0 spiro atoms. The second kappa shape index (κ2) is 3.18. The Morgan fingerprint density at radius 1 is 1.50 bits per heavy atom. The van der Waals surface area contributed by atoms with Crippen molar-refractivity contribution >= 4 is 49.3 Å². The summed E-state index contributed by atoms with van der Waals surface area (Å²) in [5.74, 6) is 0. The number of benzene rings is 1. The maximum Gasteiger partial charge on any atom is 0.183 e. The van der Waals surface area contributed by atoms with Crippen LogP contribution in [-0.4, -0.2) is 12.0 Å². The summed E-state index contributed by atoms with van der Waals surface area (Å²) in [6, 6.07) is 6.27. The Morgan fingerprint density at radius 2 is 2.33 bits per heavy atom. The highest BCUT2D eigenvalue weighted by Crippen LogP contribution is 2.26. The van der Waals surface area contributed by atoms with Crippen molar-refractivity contribution in [3.8, 4) is 0 Å². The van der Waals surface area contributed by atoms with Gasteiger partial charge in [0, 0.05) is 10.6 Å². The first-order chi connectivity index (χ1) is 5.79. The van der Waals surface area contributed by atoms with E-state index < -0.39 is 0 Å². The smallest absolute Gasteiger partial charge is 0.183 e. The van der Waals surface area contributed by atoms with Crippen molar-refractivity contribution in [1.82, 2.24) is 4.98 Å². The summed E-state index contributed by atoms with van der Waals surface area (Å²) in [5, 5.41) is 4.02. The second-order valence-electron chi connectivity index (χ2n) is 2.38. The van der Waals surface area contributed by atoms with E-state index in [-0.39, 0.29) is 0 Å². The zero-order valence-electron chi connectivity index (χ0n) is 6.47. The van der Waals surface area contributed by atoms with E-state index in [0.29, 0.717) is 0 Å². The van der Waals surface area contributed by atoms with Gasteiger partial charge in [-0.25, -0.2) is 4.98 Å². The maximum atomic E-state index is 4.38. The molecule has 0 atom stereocenters. The summed E-state index contributed by atoms with van der Waals surface area (Å²) in [6.07, 6.45) is 0. The Labute approximate surface area is 88.1 Å². The summed E-state index contributed by atoms with van der Waals surface area (Å²) in [5.41, 5.74) is 1.07. The molecule has 0 unspecified atom stereocenters. The van der Waals surface area contributed by atoms with E-state index in [2.05, 4.69) is 51.1 Å². The van der Waals surface area contributed by atoms with Crippen LogP contribution in [0.3, 0.4) is 0 Å². The number of fused-ring (bicyclic) bond motifs is 1. The van der Waals surface area contributed by atoms with Crippen LogP contribution in [0.1, 0.15) is 0 Å². The van der Waals surface area contributed by atoms with Gasteiger partial charge in [-0.3, -0.25) is 0 Å². The normalized spacial score (nSPS) is 10.5. The predicted octanol–water partition coefficient (Wildman–Crippen LogP) is 2.94. The third kappa shape index (κ3) is 1.40. The fourth-order valence-corrected chi connectivity index (χ4v) is 2.57. The molecule has 2 rings (SSSR count). The molecule has 1 N–H and O–H groups in total. The van der Waals surface area contributed by atoms with Gasteiger partial charge in [0.05, 0.1) is 10.2 Å². The number of hydrogen-bond donors (Lipinski definition) is 1. The molecule has 1 heterocycles. The first-order valence-corrected chi connectivity index (χ1v) is 5.43. The Balaban J connectivity index is 2.67. The molecule has 0 aliphatic heterocycles. The number of thiazole rings is 1. The zero-order valence-corrected chi connectivity index (χ0v) is 9.44. The second-order valence-corrected chi connectivity index (χ2v) is 4.66. The highest BCUT2D eigenvalue weighted by atomic mass is 127. The molecule has 0 aliphatic carbocycles. The zero-order chi connectivity index (χ0) is 8.55. The Kier molecular flexibility index (Phi) is 2.18. The number of rotatable bonds is 1. The molecule has 0 fully saturated rings. The van der Waals surface area contributed by atoms with Crippen LogP contribution in [0.15, 0.2) is 18.2 Å². The molecule has 12 heavy (non-hydrogen) atoms. The summed E-state index contributed by atoms with van der Waals surface area (Å²) in [4.78, 5) is 4.38. The van der Waals surface area contributed by atoms with E-state index in [1.54, 1.807) is 11.3 Å². The van der Waals surface area contributed by atoms with Crippen molar-refractivity contribution in [2.45, 2.75) is 0 Å². The summed E-state index contributed by atoms with van der Waals surface area (Å²) in [6.45, 7) is 0. The van der Waals surface area contributed by atoms with Crippen LogP contribution < -0.4 is 5.32 Å². The summed E-state index contributed by atoms with van der Waals surface area (Å²) < 4.78 is 2.50. The first-order valence-electron chi connectivity index (χ1n) is 3.53. The van der Waals surface area contributed by atoms with Gasteiger partial charge in [-0.1, -0.05) is 11.3 Å². The number of nitrogens with zero attached hydrogens (tertiary/aromatic N) is 1. The molecule has 0 saturated carbocycles. The lowest BCUT2D eigenvalue weighted by atomic mass is 10.3. The lowest BCUT2D eigenvalue weighted by Crippen LogP contribution is -1.83. The van der Waals surface area contributed by atoms with Gasteiger partial charge in [0.15, 0.2) is 5.13 Å². The molecule has 0 amide bonds. The van der Waals surface area contributed by atoms with Crippen molar-refractivity contribution in [2.75, 3.05) is 12.4 Å². The number of nitrogens with one attached hydrogen (secondary N) is 1. The Hall–Kier alpha value is -0.360. The molecular formula is C8H7IN2S. The molecule has 0 saturated heterocycles. The number of anilines is 1. The molecule has 4 heteroatoms. The average Bonchev–Trinajstić information content (AvgIpc) is 2.46. The van der Waals surface area contributed by atoms with Crippen molar-refractivity contribution in [3.63, 3.8) is 0 Å². The van der Waals surface area contributed by atoms with Crippen LogP contribution in [-0.2, 0) is 0 Å². The predicted molar refractivity (Wildman–Crippen MR) is 61.9 cm³/mol. The van der Waals surface area contributed by atoms with E-state index in [0.717, 1.165) is 10.6 Å². The molecule has 2 nitrogen and oxygen atoms in total. The minimum Gasteiger partial charge on any atom is -0.365 e. The SMILES string of the molecule is CNc1nc2ccc(I)cc2s1. The monoisotopic (exact) mass is 290 g/mol. The summed E-state index contributed by atoms with van der Waals surface area (Å²) in [7, 11) is 1.89. The van der Waals surface area contributed by atoms with Gasteiger partial charge in [-0.2, -0.15) is 0 Å². The molecule has 62 valence electrons. The van der Waals surface area contributed by atoms with Crippen LogP contribution in [0.4, 0.5) is 5.13 Å². The maximum absolute atomic E-state index is 4.38. The minimum absolute atomic E-state index is 0.979. The van der Waals surface area contributed by atoms with Crippen molar-refractivity contribution in [3.05, 3.63) is 21.8 Å². The van der Waals surface area contributed by atoms with Crippen molar-refractivity contribution < 1.29 is 0 Å². The van der Waals surface area contributed by atoms with Crippen molar-refractivity contribution in [1.29, 1.82) is 0 Å². The van der Waals surface area contributed by atoms with Gasteiger partial charge in [0.1, 0.15) is 0 Å². The van der Waals surface area contributed by atoms with E-state index in [1.165, 1.54) is 8.27 Å². The molecule has 0 aliphatic rings. The molecule has 1 aromatic carbocycles. The van der Waals surface area contributed by atoms with Gasteiger partial charge in [0.2, 0.25) is 0 Å². The molecule has 0 radical (unpaired) electrons. The van der Waals surface area contributed by atoms with Gasteiger partial charge >= 0.3 is 0 Å². The minimum atomic E-state index is 0.979. The third-order valence-corrected chi connectivity index (χ3v) is 3.27. The van der Waals surface area contributed by atoms with Gasteiger partial charge in [0.25, 0.3) is 0 Å². The number of hydrogen-bond acceptors (Lipinski definition) is 3. The quantitative estimate of drug-likeness (QED) is 0.817. The van der Waals surface area contributed by atoms with Crippen LogP contribution in [0.2, 0.25) is 0 Å². The number of halogens is 1. The third-order valence-electron chi connectivity index (χ3n) is 1.56. The Bertz CT molecular complexity index is 410. The average molecular weight is 290 g/mol. The highest BCUT2D eigenvalue weighted by Gasteiger charge is 2.01. The largest absolute Gasteiger partial charge is 0.365 e. The topological polar surface area (TPSA) is 24.9 Å². The number of aromatic nitrogens is 1. The van der Waals surface area contributed by atoms with Crippen LogP contribution >= 0.6 is 33.9 Å². The molecule has 0 bridgehead atoms. The summed E-state index contributed by atoms with van der Waals surface area (Å²) >= 11 is 3.99. The van der Waals surface area contributed by atoms with Crippen molar-refractivity contribution in [2.24, 2.45) is 0 Å². The Morgan fingerprint density at radius 3 is 3.08 bits per heavy atom. The van der Waals surface area contributed by atoms with Gasteiger partial charge in [-0.05, 0) is 40.8 Å². The van der Waals surface area contributed by atoms with E-state index in [9.17, 15) is 0 Å². The highest BCUT2D eigenvalue weighted by molar-refractivity contribution is 14.1. The van der Waals surface area contributed by atoms with E-state index >= 15 is 0 Å². The first kappa shape index (κ1) is 8.25. The van der Waals surface area contributed by atoms with Gasteiger partial charge < -0.3 is 5.32 Å². The molecule has 1 aromatic heterocycles. The fourth-order valence-electron chi connectivity index (χ4n) is 1.01. The lowest BCUT2D eigenvalue weighted by molar-refractivity contribution is 1.41. The lowest BCUT2D eigenvalue weighted by Gasteiger charge is -1.86. The van der Waals surface area contributed by atoms with Gasteiger partial charge in [-0.15, -0.1) is 0 Å².